The van der Waals surface area contributed by atoms with Crippen molar-refractivity contribution in [2.24, 2.45) is 5.92 Å². The third-order valence-corrected chi connectivity index (χ3v) is 6.95. The molecule has 158 valence electrons. The van der Waals surface area contributed by atoms with Crippen LogP contribution in [0.3, 0.4) is 0 Å². The molecule has 1 atom stereocenters. The first-order valence-corrected chi connectivity index (χ1v) is 11.2. The van der Waals surface area contributed by atoms with Gasteiger partial charge in [-0.1, -0.05) is 18.5 Å². The van der Waals surface area contributed by atoms with Crippen molar-refractivity contribution in [3.05, 3.63) is 83.2 Å². The van der Waals surface area contributed by atoms with Crippen molar-refractivity contribution < 1.29 is 8.81 Å². The largest absolute Gasteiger partial charge is 0.440 e. The Morgan fingerprint density at radius 1 is 1.00 bits per heavy atom. The van der Waals surface area contributed by atoms with Gasteiger partial charge in [0.1, 0.15) is 5.82 Å². The molecule has 2 heterocycles. The van der Waals surface area contributed by atoms with E-state index >= 15 is 0 Å². The summed E-state index contributed by atoms with van der Waals surface area (Å²) in [5, 5.41) is 1.65. The molecule has 5 heteroatoms. The van der Waals surface area contributed by atoms with Gasteiger partial charge in [-0.2, -0.15) is 0 Å². The zero-order valence-electron chi connectivity index (χ0n) is 17.4. The number of rotatable bonds is 4. The lowest BCUT2D eigenvalue weighted by atomic mass is 9.74. The topological polar surface area (TPSA) is 38.9 Å². The van der Waals surface area contributed by atoms with Gasteiger partial charge in [-0.05, 0) is 91.6 Å². The molecule has 0 radical (unpaired) electrons. The van der Waals surface area contributed by atoms with Crippen LogP contribution in [0.25, 0.3) is 22.2 Å². The molecule has 0 unspecified atom stereocenters. The highest BCUT2D eigenvalue weighted by atomic mass is 35.5. The molecule has 5 rings (SSSR count). The summed E-state index contributed by atoms with van der Waals surface area (Å²) < 4.78 is 19.9. The van der Waals surface area contributed by atoms with Crippen molar-refractivity contribution in [1.29, 1.82) is 0 Å². The van der Waals surface area contributed by atoms with Crippen molar-refractivity contribution in [2.45, 2.75) is 44.4 Å². The Hall–Kier alpha value is -2.72. The van der Waals surface area contributed by atoms with E-state index in [-0.39, 0.29) is 11.7 Å². The standard InChI is InChI=1S/C26H24ClFN2O/c1-16(26-30-15-25(31-26)19-6-8-20(27)9-7-19)17-2-4-18(5-3-17)22-12-13-29-24-11-10-21(28)14-23(22)24/h6-18H,2-5H2,1H3/t16-,17?,18?/m1/s1. The zero-order chi connectivity index (χ0) is 21.4. The normalized spacial score (nSPS) is 20.1. The Labute approximate surface area is 186 Å². The number of halogens is 2. The van der Waals surface area contributed by atoms with E-state index in [1.807, 2.05) is 30.5 Å². The SMILES string of the molecule is C[C@@H](c1ncc(-c2ccc(Cl)cc2)o1)C1CCC(c2ccnc3ccc(F)cc23)CC1. The summed E-state index contributed by atoms with van der Waals surface area (Å²) in [6.07, 6.45) is 8.01. The van der Waals surface area contributed by atoms with Crippen molar-refractivity contribution in [3.8, 4) is 11.3 Å². The van der Waals surface area contributed by atoms with Gasteiger partial charge < -0.3 is 4.42 Å². The van der Waals surface area contributed by atoms with E-state index in [0.717, 1.165) is 53.8 Å². The number of benzene rings is 2. The van der Waals surface area contributed by atoms with Crippen LogP contribution in [0.5, 0.6) is 0 Å². The van der Waals surface area contributed by atoms with Crippen LogP contribution < -0.4 is 0 Å². The maximum absolute atomic E-state index is 13.8. The second-order valence-electron chi connectivity index (χ2n) is 8.53. The third-order valence-electron chi connectivity index (χ3n) is 6.70. The molecule has 4 aromatic rings. The number of pyridine rings is 1. The smallest absolute Gasteiger partial charge is 0.198 e. The van der Waals surface area contributed by atoms with Gasteiger partial charge in [-0.15, -0.1) is 0 Å². The zero-order valence-corrected chi connectivity index (χ0v) is 18.1. The maximum Gasteiger partial charge on any atom is 0.198 e. The highest BCUT2D eigenvalue weighted by Gasteiger charge is 2.30. The summed E-state index contributed by atoms with van der Waals surface area (Å²) >= 11 is 5.98. The number of hydrogen-bond donors (Lipinski definition) is 0. The lowest BCUT2D eigenvalue weighted by molar-refractivity contribution is 0.266. The molecule has 0 amide bonds. The van der Waals surface area contributed by atoms with Gasteiger partial charge in [0.2, 0.25) is 0 Å². The summed E-state index contributed by atoms with van der Waals surface area (Å²) in [6, 6.07) is 14.5. The Kier molecular flexibility index (Phi) is 5.49. The van der Waals surface area contributed by atoms with Crippen LogP contribution in [0, 0.1) is 11.7 Å². The first-order valence-electron chi connectivity index (χ1n) is 10.8. The molecule has 0 N–H and O–H groups in total. The van der Waals surface area contributed by atoms with Crippen LogP contribution in [0.1, 0.15) is 55.9 Å². The van der Waals surface area contributed by atoms with Crippen molar-refractivity contribution in [2.75, 3.05) is 0 Å². The van der Waals surface area contributed by atoms with E-state index in [4.69, 9.17) is 16.0 Å². The van der Waals surface area contributed by atoms with Gasteiger partial charge >= 0.3 is 0 Å². The summed E-state index contributed by atoms with van der Waals surface area (Å²) in [5.41, 5.74) is 3.07. The maximum atomic E-state index is 13.8. The summed E-state index contributed by atoms with van der Waals surface area (Å²) in [7, 11) is 0. The summed E-state index contributed by atoms with van der Waals surface area (Å²) in [4.78, 5) is 8.97. The van der Waals surface area contributed by atoms with Crippen LogP contribution >= 0.6 is 11.6 Å². The van der Waals surface area contributed by atoms with Crippen LogP contribution in [0.2, 0.25) is 5.02 Å². The Morgan fingerprint density at radius 3 is 2.55 bits per heavy atom. The first-order chi connectivity index (χ1) is 15.1. The quantitative estimate of drug-likeness (QED) is 0.329. The van der Waals surface area contributed by atoms with Crippen molar-refractivity contribution >= 4 is 22.5 Å². The van der Waals surface area contributed by atoms with E-state index in [1.165, 1.54) is 11.6 Å². The number of aromatic nitrogens is 2. The molecule has 2 aromatic heterocycles. The molecule has 3 nitrogen and oxygen atoms in total. The number of hydrogen-bond acceptors (Lipinski definition) is 3. The lowest BCUT2D eigenvalue weighted by Gasteiger charge is -2.31. The predicted molar refractivity (Wildman–Crippen MR) is 122 cm³/mol. The second kappa shape index (κ2) is 8.43. The molecule has 0 aliphatic heterocycles. The average Bonchev–Trinajstić information content (AvgIpc) is 3.29. The van der Waals surface area contributed by atoms with Crippen LogP contribution in [0.15, 0.2) is 65.3 Å². The van der Waals surface area contributed by atoms with Crippen LogP contribution in [-0.2, 0) is 0 Å². The van der Waals surface area contributed by atoms with E-state index < -0.39 is 0 Å². The van der Waals surface area contributed by atoms with Gasteiger partial charge in [0.15, 0.2) is 11.7 Å². The Bertz CT molecular complexity index is 1200. The highest BCUT2D eigenvalue weighted by Crippen LogP contribution is 2.43. The molecule has 1 fully saturated rings. The fourth-order valence-corrected chi connectivity index (χ4v) is 5.00. The molecule has 0 spiro atoms. The van der Waals surface area contributed by atoms with Gasteiger partial charge in [-0.3, -0.25) is 4.98 Å². The molecule has 1 aliphatic rings. The van der Waals surface area contributed by atoms with E-state index in [0.29, 0.717) is 16.9 Å². The number of nitrogens with zero attached hydrogens (tertiary/aromatic N) is 2. The second-order valence-corrected chi connectivity index (χ2v) is 8.97. The van der Waals surface area contributed by atoms with E-state index in [9.17, 15) is 4.39 Å². The fraction of sp³-hybridized carbons (Fsp3) is 0.308. The molecule has 1 saturated carbocycles. The lowest BCUT2D eigenvalue weighted by Crippen LogP contribution is -2.18. The number of fused-ring (bicyclic) bond motifs is 1. The van der Waals surface area contributed by atoms with Gasteiger partial charge in [-0.25, -0.2) is 9.37 Å². The van der Waals surface area contributed by atoms with Crippen molar-refractivity contribution in [1.82, 2.24) is 9.97 Å². The summed E-state index contributed by atoms with van der Waals surface area (Å²) in [6.45, 7) is 2.21. The molecule has 2 aromatic carbocycles. The third kappa shape index (κ3) is 4.09. The first kappa shape index (κ1) is 20.2. The van der Waals surface area contributed by atoms with Gasteiger partial charge in [0.05, 0.1) is 11.7 Å². The molecular weight excluding hydrogens is 411 g/mol. The average molecular weight is 435 g/mol. The Balaban J connectivity index is 1.29. The summed E-state index contributed by atoms with van der Waals surface area (Å²) in [5.74, 6) is 2.59. The Morgan fingerprint density at radius 2 is 1.77 bits per heavy atom. The van der Waals surface area contributed by atoms with E-state index in [1.54, 1.807) is 18.3 Å². The van der Waals surface area contributed by atoms with Gasteiger partial charge in [0, 0.05) is 28.1 Å². The van der Waals surface area contributed by atoms with Crippen LogP contribution in [0.4, 0.5) is 4.39 Å². The fourth-order valence-electron chi connectivity index (χ4n) is 4.87. The van der Waals surface area contributed by atoms with Crippen molar-refractivity contribution in [3.63, 3.8) is 0 Å². The molecule has 0 bridgehead atoms. The minimum atomic E-state index is -0.204. The minimum absolute atomic E-state index is 0.204. The van der Waals surface area contributed by atoms with Gasteiger partial charge in [0.25, 0.3) is 0 Å². The minimum Gasteiger partial charge on any atom is -0.440 e. The molecule has 1 aliphatic carbocycles. The monoisotopic (exact) mass is 434 g/mol. The molecule has 31 heavy (non-hydrogen) atoms. The predicted octanol–water partition coefficient (Wildman–Crippen LogP) is 7.76. The number of oxazole rings is 1. The molecule has 0 saturated heterocycles. The molecular formula is C26H24ClFN2O. The highest BCUT2D eigenvalue weighted by molar-refractivity contribution is 6.30. The van der Waals surface area contributed by atoms with Crippen LogP contribution in [-0.4, -0.2) is 9.97 Å². The van der Waals surface area contributed by atoms with E-state index in [2.05, 4.69) is 23.0 Å².